The lowest BCUT2D eigenvalue weighted by atomic mass is 10.0. The number of halogens is 2. The van der Waals surface area contributed by atoms with Crippen molar-refractivity contribution in [3.63, 3.8) is 0 Å². The molecule has 0 saturated heterocycles. The molecule has 0 spiro atoms. The summed E-state index contributed by atoms with van der Waals surface area (Å²) < 4.78 is 23.4. The second kappa shape index (κ2) is 14.7. The number of rotatable bonds is 14. The minimum absolute atomic E-state index is 0.290. The van der Waals surface area contributed by atoms with E-state index in [-0.39, 0.29) is 11.9 Å². The molecule has 0 N–H and O–H groups in total. The van der Waals surface area contributed by atoms with Crippen molar-refractivity contribution in [3.05, 3.63) is 80.8 Å². The number of ether oxygens (including phenoxy) is 4. The maximum Gasteiger partial charge on any atom is 0.333 e. The summed E-state index contributed by atoms with van der Waals surface area (Å²) in [6, 6.07) is 11.9. The highest BCUT2D eigenvalue weighted by atomic mass is 79.9. The van der Waals surface area contributed by atoms with Crippen molar-refractivity contribution in [2.45, 2.75) is 33.1 Å². The normalized spacial score (nSPS) is 10.4. The molecule has 0 bridgehead atoms. The van der Waals surface area contributed by atoms with Gasteiger partial charge in [0.2, 0.25) is 0 Å². The van der Waals surface area contributed by atoms with Crippen molar-refractivity contribution in [2.24, 2.45) is 0 Å². The van der Waals surface area contributed by atoms with Gasteiger partial charge in [-0.3, -0.25) is 0 Å². The summed E-state index contributed by atoms with van der Waals surface area (Å²) in [7, 11) is 0. The smallest absolute Gasteiger partial charge is 0.333 e. The fourth-order valence-electron chi connectivity index (χ4n) is 2.84. The van der Waals surface area contributed by atoms with E-state index in [1.165, 1.54) is 0 Å². The van der Waals surface area contributed by atoms with Gasteiger partial charge in [-0.05, 0) is 87.5 Å². The van der Waals surface area contributed by atoms with E-state index in [0.29, 0.717) is 50.4 Å². The lowest BCUT2D eigenvalue weighted by molar-refractivity contribution is -0.140. The second-order valence-corrected chi connectivity index (χ2v) is 9.65. The Morgan fingerprint density at radius 1 is 0.714 bits per heavy atom. The van der Waals surface area contributed by atoms with E-state index >= 15 is 0 Å². The predicted molar refractivity (Wildman–Crippen MR) is 143 cm³/mol. The van der Waals surface area contributed by atoms with Crippen LogP contribution in [0.4, 0.5) is 0 Å². The number of hydrogen-bond donors (Lipinski definition) is 0. The molecule has 0 atom stereocenters. The SMILES string of the molecule is C=C(C)C(=O)OCCCOc1ccc(Cc2ccc(OCCCOC(=O)C(=C)C)c(Br)c2)cc1Br. The maximum absolute atomic E-state index is 11.4. The van der Waals surface area contributed by atoms with Gasteiger partial charge in [0.15, 0.2) is 0 Å². The molecule has 2 rings (SSSR count). The van der Waals surface area contributed by atoms with E-state index in [1.807, 2.05) is 36.4 Å². The molecule has 0 saturated carbocycles. The van der Waals surface area contributed by atoms with Gasteiger partial charge >= 0.3 is 11.9 Å². The van der Waals surface area contributed by atoms with Crippen LogP contribution in [0.25, 0.3) is 0 Å². The van der Waals surface area contributed by atoms with Crippen LogP contribution in [0.15, 0.2) is 69.6 Å². The average molecular weight is 610 g/mol. The van der Waals surface area contributed by atoms with E-state index < -0.39 is 0 Å². The molecule has 0 aliphatic rings. The fourth-order valence-corrected chi connectivity index (χ4v) is 3.92. The number of benzene rings is 2. The Morgan fingerprint density at radius 2 is 1.11 bits per heavy atom. The topological polar surface area (TPSA) is 71.1 Å². The van der Waals surface area contributed by atoms with Gasteiger partial charge in [-0.15, -0.1) is 0 Å². The first-order valence-corrected chi connectivity index (χ1v) is 12.7. The van der Waals surface area contributed by atoms with Gasteiger partial charge in [0, 0.05) is 24.0 Å². The third-order valence-corrected chi connectivity index (χ3v) is 5.90. The van der Waals surface area contributed by atoms with Crippen LogP contribution >= 0.6 is 31.9 Å². The molecule has 188 valence electrons. The molecule has 0 aliphatic heterocycles. The van der Waals surface area contributed by atoms with Crippen LogP contribution in [-0.4, -0.2) is 38.4 Å². The van der Waals surface area contributed by atoms with Crippen LogP contribution in [0.5, 0.6) is 11.5 Å². The summed E-state index contributed by atoms with van der Waals surface area (Å²) in [5, 5.41) is 0. The largest absolute Gasteiger partial charge is 0.492 e. The van der Waals surface area contributed by atoms with E-state index in [9.17, 15) is 9.59 Å². The van der Waals surface area contributed by atoms with Crippen molar-refractivity contribution in [1.82, 2.24) is 0 Å². The van der Waals surface area contributed by atoms with Gasteiger partial charge in [0.25, 0.3) is 0 Å². The first-order valence-electron chi connectivity index (χ1n) is 11.1. The molecule has 8 heteroatoms. The Hall–Kier alpha value is -2.58. The molecular formula is C27H30Br2O6. The van der Waals surface area contributed by atoms with E-state index in [0.717, 1.165) is 38.0 Å². The van der Waals surface area contributed by atoms with Crippen molar-refractivity contribution in [2.75, 3.05) is 26.4 Å². The third-order valence-electron chi connectivity index (χ3n) is 4.66. The van der Waals surface area contributed by atoms with E-state index in [2.05, 4.69) is 45.0 Å². The highest BCUT2D eigenvalue weighted by Crippen LogP contribution is 2.30. The van der Waals surface area contributed by atoms with Crippen molar-refractivity contribution >= 4 is 43.8 Å². The van der Waals surface area contributed by atoms with Crippen LogP contribution in [0.1, 0.15) is 37.8 Å². The first kappa shape index (κ1) is 28.7. The average Bonchev–Trinajstić information content (AvgIpc) is 2.80. The van der Waals surface area contributed by atoms with Crippen LogP contribution in [0, 0.1) is 0 Å². The monoisotopic (exact) mass is 608 g/mol. The number of carbonyl (C=O) groups excluding carboxylic acids is 2. The molecule has 0 aliphatic carbocycles. The van der Waals surface area contributed by atoms with Crippen LogP contribution in [0.2, 0.25) is 0 Å². The first-order chi connectivity index (χ1) is 16.7. The lowest BCUT2D eigenvalue weighted by Crippen LogP contribution is -2.09. The molecule has 0 aromatic heterocycles. The summed E-state index contributed by atoms with van der Waals surface area (Å²) in [6.07, 6.45) is 1.93. The van der Waals surface area contributed by atoms with Gasteiger partial charge in [-0.1, -0.05) is 25.3 Å². The molecule has 0 radical (unpaired) electrons. The zero-order valence-corrected chi connectivity index (χ0v) is 23.2. The molecule has 6 nitrogen and oxygen atoms in total. The standard InChI is InChI=1S/C27H30Br2O6/c1-18(2)26(30)34-13-5-11-32-24-9-7-20(16-22(24)28)15-21-8-10-25(23(29)17-21)33-12-6-14-35-27(31)19(3)4/h7-10,16-17H,1,3,5-6,11-15H2,2,4H3. The molecule has 35 heavy (non-hydrogen) atoms. The number of esters is 2. The molecule has 0 unspecified atom stereocenters. The van der Waals surface area contributed by atoms with Gasteiger partial charge in [0.05, 0.1) is 35.4 Å². The number of carbonyl (C=O) groups is 2. The summed E-state index contributed by atoms with van der Waals surface area (Å²) in [6.45, 7) is 11.8. The van der Waals surface area contributed by atoms with Crippen LogP contribution in [-0.2, 0) is 25.5 Å². The number of hydrogen-bond acceptors (Lipinski definition) is 6. The van der Waals surface area contributed by atoms with Crippen molar-refractivity contribution in [1.29, 1.82) is 0 Å². The minimum atomic E-state index is -0.386. The predicted octanol–water partition coefficient (Wildman–Crippen LogP) is 6.58. The zero-order valence-electron chi connectivity index (χ0n) is 20.0. The molecule has 0 heterocycles. The Labute approximate surface area is 223 Å². The Bertz CT molecular complexity index is 980. The maximum atomic E-state index is 11.4. The molecule has 2 aromatic rings. The van der Waals surface area contributed by atoms with Crippen molar-refractivity contribution in [3.8, 4) is 11.5 Å². The molecular weight excluding hydrogens is 580 g/mol. The Morgan fingerprint density at radius 3 is 1.46 bits per heavy atom. The highest BCUT2D eigenvalue weighted by molar-refractivity contribution is 9.10. The van der Waals surface area contributed by atoms with Crippen molar-refractivity contribution < 1.29 is 28.5 Å². The van der Waals surface area contributed by atoms with E-state index in [4.69, 9.17) is 18.9 Å². The van der Waals surface area contributed by atoms with Crippen LogP contribution < -0.4 is 9.47 Å². The lowest BCUT2D eigenvalue weighted by Gasteiger charge is -2.12. The summed E-state index contributed by atoms with van der Waals surface area (Å²) >= 11 is 7.14. The van der Waals surface area contributed by atoms with Crippen LogP contribution in [0.3, 0.4) is 0 Å². The van der Waals surface area contributed by atoms with Gasteiger partial charge < -0.3 is 18.9 Å². The molecule has 0 amide bonds. The Balaban J connectivity index is 1.79. The molecule has 2 aromatic carbocycles. The van der Waals surface area contributed by atoms with E-state index in [1.54, 1.807) is 13.8 Å². The van der Waals surface area contributed by atoms with Gasteiger partial charge in [0.1, 0.15) is 11.5 Å². The quantitative estimate of drug-likeness (QED) is 0.137. The zero-order chi connectivity index (χ0) is 25.8. The van der Waals surface area contributed by atoms with Gasteiger partial charge in [-0.25, -0.2) is 9.59 Å². The fraction of sp³-hybridized carbons (Fsp3) is 0.333. The minimum Gasteiger partial charge on any atom is -0.492 e. The highest BCUT2D eigenvalue weighted by Gasteiger charge is 2.08. The second-order valence-electron chi connectivity index (χ2n) is 7.94. The summed E-state index contributed by atoms with van der Waals surface area (Å²) in [5.74, 6) is 0.699. The van der Waals surface area contributed by atoms with Gasteiger partial charge in [-0.2, -0.15) is 0 Å². The Kier molecular flexibility index (Phi) is 12.1. The third kappa shape index (κ3) is 10.3. The summed E-state index contributed by atoms with van der Waals surface area (Å²) in [5.41, 5.74) is 3.02. The molecule has 0 fully saturated rings. The summed E-state index contributed by atoms with van der Waals surface area (Å²) in [4.78, 5) is 22.7.